The molecule has 0 bridgehead atoms. The number of thiophene rings is 1. The number of amides is 3. The monoisotopic (exact) mass is 413 g/mol. The molecule has 2 aliphatic heterocycles. The van der Waals surface area contributed by atoms with Crippen LogP contribution in [-0.2, 0) is 22.6 Å². The molecule has 154 valence electrons. The SMILES string of the molecule is CN1CC(=O)N(CC2CC2)c2sc3c(c2C1=O)CCN(C(=O)C1CC=CCC1)C3. The van der Waals surface area contributed by atoms with E-state index in [0.29, 0.717) is 37.5 Å². The van der Waals surface area contributed by atoms with E-state index in [2.05, 4.69) is 12.2 Å². The first kappa shape index (κ1) is 18.9. The number of hydrogen-bond acceptors (Lipinski definition) is 4. The molecular formula is C22H27N3O3S. The van der Waals surface area contributed by atoms with E-state index in [1.54, 1.807) is 23.3 Å². The second-order valence-electron chi connectivity index (χ2n) is 8.78. The third-order valence-corrected chi connectivity index (χ3v) is 7.82. The minimum Gasteiger partial charge on any atom is -0.337 e. The Balaban J connectivity index is 1.46. The summed E-state index contributed by atoms with van der Waals surface area (Å²) in [6.45, 7) is 2.07. The number of allylic oxidation sites excluding steroid dienone is 2. The van der Waals surface area contributed by atoms with Gasteiger partial charge in [-0.3, -0.25) is 14.4 Å². The van der Waals surface area contributed by atoms with Crippen molar-refractivity contribution < 1.29 is 14.4 Å². The fraction of sp³-hybridized carbons (Fsp3) is 0.591. The minimum absolute atomic E-state index is 0.00650. The Morgan fingerprint density at radius 3 is 2.72 bits per heavy atom. The average molecular weight is 414 g/mol. The van der Waals surface area contributed by atoms with Crippen LogP contribution in [0.25, 0.3) is 0 Å². The van der Waals surface area contributed by atoms with Gasteiger partial charge in [0.1, 0.15) is 11.5 Å². The van der Waals surface area contributed by atoms with E-state index < -0.39 is 0 Å². The van der Waals surface area contributed by atoms with Gasteiger partial charge >= 0.3 is 0 Å². The van der Waals surface area contributed by atoms with Crippen LogP contribution in [0.3, 0.4) is 0 Å². The van der Waals surface area contributed by atoms with Crippen molar-refractivity contribution in [2.45, 2.75) is 45.1 Å². The van der Waals surface area contributed by atoms with Gasteiger partial charge in [0.25, 0.3) is 5.91 Å². The van der Waals surface area contributed by atoms with Crippen LogP contribution in [0.2, 0.25) is 0 Å². The summed E-state index contributed by atoms with van der Waals surface area (Å²) >= 11 is 1.56. The molecular weight excluding hydrogens is 386 g/mol. The molecule has 6 nitrogen and oxygen atoms in total. The second kappa shape index (κ2) is 7.27. The standard InChI is InChI=1S/C22H27N3O3S/c1-23-13-18(26)25(11-14-7-8-14)22-19(21(23)28)16-9-10-24(12-17(16)29-22)20(27)15-5-3-2-4-6-15/h2-3,14-15H,4-13H2,1H3. The van der Waals surface area contributed by atoms with Gasteiger partial charge in [-0.25, -0.2) is 0 Å². The summed E-state index contributed by atoms with van der Waals surface area (Å²) < 4.78 is 0. The number of hydrogen-bond donors (Lipinski definition) is 0. The summed E-state index contributed by atoms with van der Waals surface area (Å²) in [6, 6.07) is 0. The maximum Gasteiger partial charge on any atom is 0.257 e. The number of carbonyl (C=O) groups is 3. The Hall–Kier alpha value is -2.15. The van der Waals surface area contributed by atoms with Crippen LogP contribution in [0.4, 0.5) is 5.00 Å². The normalized spacial score (nSPS) is 24.4. The Morgan fingerprint density at radius 1 is 1.17 bits per heavy atom. The number of rotatable bonds is 3. The molecule has 5 rings (SSSR count). The lowest BCUT2D eigenvalue weighted by Gasteiger charge is -2.31. The lowest BCUT2D eigenvalue weighted by Crippen LogP contribution is -2.40. The van der Waals surface area contributed by atoms with Gasteiger partial charge in [-0.15, -0.1) is 11.3 Å². The molecule has 3 heterocycles. The highest BCUT2D eigenvalue weighted by atomic mass is 32.1. The fourth-order valence-corrected chi connectivity index (χ4v) is 6.05. The predicted molar refractivity (Wildman–Crippen MR) is 112 cm³/mol. The Labute approximate surface area is 175 Å². The average Bonchev–Trinajstić information content (AvgIpc) is 3.49. The molecule has 1 aromatic rings. The van der Waals surface area contributed by atoms with E-state index in [1.807, 2.05) is 9.80 Å². The van der Waals surface area contributed by atoms with Gasteiger partial charge in [0, 0.05) is 30.9 Å². The molecule has 1 fully saturated rings. The van der Waals surface area contributed by atoms with Crippen LogP contribution in [0.5, 0.6) is 0 Å². The summed E-state index contributed by atoms with van der Waals surface area (Å²) in [7, 11) is 1.71. The first-order valence-electron chi connectivity index (χ1n) is 10.7. The summed E-state index contributed by atoms with van der Waals surface area (Å²) in [5.74, 6) is 0.827. The minimum atomic E-state index is -0.0543. The fourth-order valence-electron chi connectivity index (χ4n) is 4.67. The van der Waals surface area contributed by atoms with Crippen molar-refractivity contribution in [3.8, 4) is 0 Å². The van der Waals surface area contributed by atoms with Crippen molar-refractivity contribution in [1.82, 2.24) is 9.80 Å². The van der Waals surface area contributed by atoms with Crippen molar-refractivity contribution in [2.75, 3.05) is 31.6 Å². The Morgan fingerprint density at radius 2 is 2.00 bits per heavy atom. The summed E-state index contributed by atoms with van der Waals surface area (Å²) in [4.78, 5) is 45.4. The predicted octanol–water partition coefficient (Wildman–Crippen LogP) is 2.82. The maximum atomic E-state index is 13.1. The van der Waals surface area contributed by atoms with E-state index in [9.17, 15) is 14.4 Å². The molecule has 0 saturated heterocycles. The number of carbonyl (C=O) groups excluding carboxylic acids is 3. The largest absolute Gasteiger partial charge is 0.337 e. The van der Waals surface area contributed by atoms with E-state index >= 15 is 0 Å². The lowest BCUT2D eigenvalue weighted by atomic mass is 9.92. The molecule has 0 radical (unpaired) electrons. The smallest absolute Gasteiger partial charge is 0.257 e. The summed E-state index contributed by atoms with van der Waals surface area (Å²) in [5.41, 5.74) is 1.77. The molecule has 0 aromatic carbocycles. The second-order valence-corrected chi connectivity index (χ2v) is 9.87. The first-order chi connectivity index (χ1) is 14.0. The van der Waals surface area contributed by atoms with Crippen LogP contribution in [-0.4, -0.2) is 54.2 Å². The zero-order valence-corrected chi connectivity index (χ0v) is 17.7. The van der Waals surface area contributed by atoms with Gasteiger partial charge in [0.05, 0.1) is 12.1 Å². The van der Waals surface area contributed by atoms with Gasteiger partial charge in [0.2, 0.25) is 11.8 Å². The molecule has 3 amide bonds. The van der Waals surface area contributed by atoms with Crippen LogP contribution >= 0.6 is 11.3 Å². The summed E-state index contributed by atoms with van der Waals surface area (Å²) in [5, 5.41) is 0.816. The molecule has 4 aliphatic rings. The molecule has 7 heteroatoms. The number of likely N-dealkylation sites (N-methyl/N-ethyl adjacent to an activating group) is 1. The number of fused-ring (bicyclic) bond motifs is 3. The Bertz CT molecular complexity index is 901. The van der Waals surface area contributed by atoms with E-state index in [1.165, 1.54) is 0 Å². The molecule has 1 aromatic heterocycles. The highest BCUT2D eigenvalue weighted by molar-refractivity contribution is 7.17. The van der Waals surface area contributed by atoms with Crippen molar-refractivity contribution in [2.24, 2.45) is 11.8 Å². The first-order valence-corrected chi connectivity index (χ1v) is 11.5. The van der Waals surface area contributed by atoms with E-state index in [0.717, 1.165) is 47.5 Å². The van der Waals surface area contributed by atoms with Crippen LogP contribution in [0.15, 0.2) is 12.2 Å². The van der Waals surface area contributed by atoms with Crippen molar-refractivity contribution in [3.63, 3.8) is 0 Å². The lowest BCUT2D eigenvalue weighted by molar-refractivity contribution is -0.136. The number of nitrogens with zero attached hydrogens (tertiary/aromatic N) is 3. The third kappa shape index (κ3) is 3.39. The van der Waals surface area contributed by atoms with Crippen LogP contribution < -0.4 is 4.90 Å². The molecule has 1 saturated carbocycles. The van der Waals surface area contributed by atoms with Gasteiger partial charge in [-0.2, -0.15) is 0 Å². The van der Waals surface area contributed by atoms with Gasteiger partial charge in [-0.05, 0) is 50.0 Å². The number of anilines is 1. The molecule has 0 N–H and O–H groups in total. The summed E-state index contributed by atoms with van der Waals surface area (Å²) in [6.07, 6.45) is 10.0. The van der Waals surface area contributed by atoms with Crippen LogP contribution in [0, 0.1) is 11.8 Å². The van der Waals surface area contributed by atoms with Crippen molar-refractivity contribution in [3.05, 3.63) is 28.2 Å². The van der Waals surface area contributed by atoms with E-state index in [-0.39, 0.29) is 30.2 Å². The highest BCUT2D eigenvalue weighted by Crippen LogP contribution is 2.43. The van der Waals surface area contributed by atoms with Crippen molar-refractivity contribution >= 4 is 34.1 Å². The van der Waals surface area contributed by atoms with Gasteiger partial charge in [-0.1, -0.05) is 12.2 Å². The Kier molecular flexibility index (Phi) is 4.73. The zero-order valence-electron chi connectivity index (χ0n) is 16.9. The molecule has 1 atom stereocenters. The quantitative estimate of drug-likeness (QED) is 0.716. The van der Waals surface area contributed by atoms with Crippen LogP contribution in [0.1, 0.15) is 52.9 Å². The zero-order chi connectivity index (χ0) is 20.1. The highest BCUT2D eigenvalue weighted by Gasteiger charge is 2.39. The molecule has 1 unspecified atom stereocenters. The van der Waals surface area contributed by atoms with E-state index in [4.69, 9.17) is 0 Å². The maximum absolute atomic E-state index is 13.1. The van der Waals surface area contributed by atoms with Gasteiger partial charge < -0.3 is 14.7 Å². The molecule has 2 aliphatic carbocycles. The van der Waals surface area contributed by atoms with Crippen molar-refractivity contribution in [1.29, 1.82) is 0 Å². The van der Waals surface area contributed by atoms with Gasteiger partial charge in [0.15, 0.2) is 0 Å². The topological polar surface area (TPSA) is 60.9 Å². The molecule has 29 heavy (non-hydrogen) atoms. The third-order valence-electron chi connectivity index (χ3n) is 6.59. The molecule has 0 spiro atoms.